The van der Waals surface area contributed by atoms with Crippen LogP contribution in [0.2, 0.25) is 0 Å². The standard InChI is InChI=1S/C7H16O2/c1-6(2)7(9-4)5-8-3/h6-7H,5H2,1-4H3. The van der Waals surface area contributed by atoms with Crippen molar-refractivity contribution < 1.29 is 9.47 Å². The molecule has 0 heterocycles. The second-order valence-electron chi connectivity index (χ2n) is 2.47. The van der Waals surface area contributed by atoms with Crippen molar-refractivity contribution in [3.63, 3.8) is 0 Å². The largest absolute Gasteiger partial charge is 0.382 e. The summed E-state index contributed by atoms with van der Waals surface area (Å²) in [6.45, 7) is 4.93. The number of methoxy groups -OCH3 is 2. The number of hydrogen-bond acceptors (Lipinski definition) is 2. The first-order valence-electron chi connectivity index (χ1n) is 3.24. The van der Waals surface area contributed by atoms with Crippen LogP contribution in [0.5, 0.6) is 0 Å². The first kappa shape index (κ1) is 8.92. The van der Waals surface area contributed by atoms with Crippen molar-refractivity contribution in [3.05, 3.63) is 0 Å². The average Bonchev–Trinajstić information content (AvgIpc) is 1.82. The predicted molar refractivity (Wildman–Crippen MR) is 37.5 cm³/mol. The summed E-state index contributed by atoms with van der Waals surface area (Å²) >= 11 is 0. The molecule has 0 saturated carbocycles. The Labute approximate surface area is 57.2 Å². The lowest BCUT2D eigenvalue weighted by Gasteiger charge is -2.17. The van der Waals surface area contributed by atoms with Gasteiger partial charge in [-0.1, -0.05) is 13.8 Å². The van der Waals surface area contributed by atoms with Gasteiger partial charge in [-0.15, -0.1) is 0 Å². The van der Waals surface area contributed by atoms with E-state index in [0.717, 1.165) is 0 Å². The fourth-order valence-corrected chi connectivity index (χ4v) is 0.697. The molecule has 0 aliphatic rings. The molecule has 1 atom stereocenters. The monoisotopic (exact) mass is 132 g/mol. The van der Waals surface area contributed by atoms with Gasteiger partial charge >= 0.3 is 0 Å². The number of hydrogen-bond donors (Lipinski definition) is 0. The fraction of sp³-hybridized carbons (Fsp3) is 1.00. The van der Waals surface area contributed by atoms with Crippen LogP contribution >= 0.6 is 0 Å². The molecular weight excluding hydrogens is 116 g/mol. The van der Waals surface area contributed by atoms with E-state index in [9.17, 15) is 0 Å². The SMILES string of the molecule is COCC(OC)C(C)C. The first-order chi connectivity index (χ1) is 4.22. The van der Waals surface area contributed by atoms with Crippen LogP contribution in [0.25, 0.3) is 0 Å². The molecule has 0 aliphatic carbocycles. The summed E-state index contributed by atoms with van der Waals surface area (Å²) in [4.78, 5) is 0. The molecule has 0 N–H and O–H groups in total. The molecule has 0 aromatic rings. The molecule has 0 radical (unpaired) electrons. The molecule has 0 aromatic heterocycles. The Balaban J connectivity index is 3.41. The molecule has 0 spiro atoms. The molecule has 1 unspecified atom stereocenters. The Morgan fingerprint density at radius 1 is 1.22 bits per heavy atom. The zero-order chi connectivity index (χ0) is 7.28. The third-order valence-electron chi connectivity index (χ3n) is 1.38. The third-order valence-corrected chi connectivity index (χ3v) is 1.38. The second kappa shape index (κ2) is 4.77. The molecule has 2 nitrogen and oxygen atoms in total. The second-order valence-corrected chi connectivity index (χ2v) is 2.47. The van der Waals surface area contributed by atoms with Crippen molar-refractivity contribution in [1.82, 2.24) is 0 Å². The summed E-state index contributed by atoms with van der Waals surface area (Å²) in [6.07, 6.45) is 0.245. The van der Waals surface area contributed by atoms with Crippen LogP contribution in [0.15, 0.2) is 0 Å². The normalized spacial score (nSPS) is 14.3. The van der Waals surface area contributed by atoms with Crippen LogP contribution in [-0.2, 0) is 9.47 Å². The van der Waals surface area contributed by atoms with Crippen LogP contribution in [0.1, 0.15) is 13.8 Å². The molecule has 0 bridgehead atoms. The van der Waals surface area contributed by atoms with Crippen molar-refractivity contribution in [2.75, 3.05) is 20.8 Å². The van der Waals surface area contributed by atoms with Gasteiger partial charge in [0.05, 0.1) is 12.7 Å². The van der Waals surface area contributed by atoms with Gasteiger partial charge in [-0.05, 0) is 5.92 Å². The molecule has 0 amide bonds. The van der Waals surface area contributed by atoms with E-state index in [1.54, 1.807) is 14.2 Å². The summed E-state index contributed by atoms with van der Waals surface area (Å²) in [5.41, 5.74) is 0. The van der Waals surface area contributed by atoms with Gasteiger partial charge in [0, 0.05) is 14.2 Å². The third kappa shape index (κ3) is 3.49. The van der Waals surface area contributed by atoms with E-state index in [-0.39, 0.29) is 6.10 Å². The molecule has 56 valence electrons. The summed E-state index contributed by atoms with van der Waals surface area (Å²) < 4.78 is 10.1. The Hall–Kier alpha value is -0.0800. The van der Waals surface area contributed by atoms with Crippen molar-refractivity contribution in [2.45, 2.75) is 20.0 Å². The van der Waals surface area contributed by atoms with Gasteiger partial charge in [0.2, 0.25) is 0 Å². The molecule has 2 heteroatoms. The van der Waals surface area contributed by atoms with Crippen LogP contribution in [0.4, 0.5) is 0 Å². The number of ether oxygens (including phenoxy) is 2. The smallest absolute Gasteiger partial charge is 0.0827 e. The highest BCUT2D eigenvalue weighted by Crippen LogP contribution is 2.04. The first-order valence-corrected chi connectivity index (χ1v) is 3.24. The zero-order valence-corrected chi connectivity index (χ0v) is 6.68. The minimum atomic E-state index is 0.245. The molecule has 0 saturated heterocycles. The van der Waals surface area contributed by atoms with E-state index in [1.165, 1.54) is 0 Å². The van der Waals surface area contributed by atoms with Crippen molar-refractivity contribution in [1.29, 1.82) is 0 Å². The van der Waals surface area contributed by atoms with Crippen LogP contribution in [0, 0.1) is 5.92 Å². The lowest BCUT2D eigenvalue weighted by atomic mass is 10.1. The molecule has 0 aliphatic heterocycles. The summed E-state index contributed by atoms with van der Waals surface area (Å²) in [7, 11) is 3.40. The fourth-order valence-electron chi connectivity index (χ4n) is 0.697. The Morgan fingerprint density at radius 2 is 1.78 bits per heavy atom. The van der Waals surface area contributed by atoms with Gasteiger partial charge in [-0.25, -0.2) is 0 Å². The van der Waals surface area contributed by atoms with Crippen LogP contribution in [0.3, 0.4) is 0 Å². The minimum Gasteiger partial charge on any atom is -0.382 e. The lowest BCUT2D eigenvalue weighted by Crippen LogP contribution is -2.23. The van der Waals surface area contributed by atoms with Crippen LogP contribution < -0.4 is 0 Å². The van der Waals surface area contributed by atoms with Gasteiger partial charge < -0.3 is 9.47 Å². The quantitative estimate of drug-likeness (QED) is 0.574. The highest BCUT2D eigenvalue weighted by molar-refractivity contribution is 4.59. The van der Waals surface area contributed by atoms with Crippen molar-refractivity contribution in [3.8, 4) is 0 Å². The van der Waals surface area contributed by atoms with E-state index >= 15 is 0 Å². The highest BCUT2D eigenvalue weighted by Gasteiger charge is 2.10. The maximum atomic E-state index is 5.13. The Morgan fingerprint density at radius 3 is 1.89 bits per heavy atom. The van der Waals surface area contributed by atoms with E-state index in [0.29, 0.717) is 12.5 Å². The molecular formula is C7H16O2. The highest BCUT2D eigenvalue weighted by atomic mass is 16.5. The maximum Gasteiger partial charge on any atom is 0.0827 e. The zero-order valence-electron chi connectivity index (χ0n) is 6.68. The minimum absolute atomic E-state index is 0.245. The molecule has 0 fully saturated rings. The topological polar surface area (TPSA) is 18.5 Å². The van der Waals surface area contributed by atoms with E-state index in [1.807, 2.05) is 0 Å². The average molecular weight is 132 g/mol. The van der Waals surface area contributed by atoms with Crippen molar-refractivity contribution in [2.24, 2.45) is 5.92 Å². The summed E-state index contributed by atoms with van der Waals surface area (Å²) in [5.74, 6) is 0.537. The van der Waals surface area contributed by atoms with E-state index < -0.39 is 0 Å². The van der Waals surface area contributed by atoms with Crippen molar-refractivity contribution >= 4 is 0 Å². The lowest BCUT2D eigenvalue weighted by molar-refractivity contribution is 0.00122. The van der Waals surface area contributed by atoms with Gasteiger partial charge in [-0.2, -0.15) is 0 Å². The van der Waals surface area contributed by atoms with E-state index in [4.69, 9.17) is 9.47 Å². The molecule has 0 aromatic carbocycles. The summed E-state index contributed by atoms with van der Waals surface area (Å²) in [5, 5.41) is 0. The Kier molecular flexibility index (Phi) is 4.72. The van der Waals surface area contributed by atoms with Gasteiger partial charge in [0.1, 0.15) is 0 Å². The molecule has 0 rings (SSSR count). The Bertz CT molecular complexity index is 61.9. The molecule has 9 heavy (non-hydrogen) atoms. The summed E-state index contributed by atoms with van der Waals surface area (Å²) in [6, 6.07) is 0. The van der Waals surface area contributed by atoms with Crippen LogP contribution in [-0.4, -0.2) is 26.9 Å². The maximum absolute atomic E-state index is 5.13. The predicted octanol–water partition coefficient (Wildman–Crippen LogP) is 1.30. The van der Waals surface area contributed by atoms with Gasteiger partial charge in [0.25, 0.3) is 0 Å². The number of rotatable bonds is 4. The van der Waals surface area contributed by atoms with Gasteiger partial charge in [0.15, 0.2) is 0 Å². The van der Waals surface area contributed by atoms with E-state index in [2.05, 4.69) is 13.8 Å². The van der Waals surface area contributed by atoms with Gasteiger partial charge in [-0.3, -0.25) is 0 Å².